The molecule has 0 aliphatic heterocycles. The number of halogens is 12. The zero-order valence-corrected chi connectivity index (χ0v) is 29.4. The second kappa shape index (κ2) is 16.8. The molecule has 5 rings (SSSR count). The van der Waals surface area contributed by atoms with Gasteiger partial charge < -0.3 is 29.2 Å². The van der Waals surface area contributed by atoms with Crippen LogP contribution in [0.4, 0.5) is 52.7 Å². The highest BCUT2D eigenvalue weighted by Gasteiger charge is 2.58. The monoisotopic (exact) mass is 868 g/mol. The molecule has 0 spiro atoms. The van der Waals surface area contributed by atoms with Gasteiger partial charge in [-0.1, -0.05) is 0 Å². The van der Waals surface area contributed by atoms with Crippen molar-refractivity contribution in [2.45, 2.75) is 61.3 Å². The van der Waals surface area contributed by atoms with E-state index in [2.05, 4.69) is 0 Å². The first-order valence-corrected chi connectivity index (χ1v) is 16.6. The summed E-state index contributed by atoms with van der Waals surface area (Å²) in [5, 5.41) is 22.5. The largest absolute Gasteiger partial charge is 0.452 e. The summed E-state index contributed by atoms with van der Waals surface area (Å²) < 4.78 is 180. The SMILES string of the molecule is O=C(O[C@@H]1[C@H](OC(=O)c2ccc(C(F)(F)F)cc2)[C@@H](OC(=O)c2ccc(C(F)(F)F)cc2)[C@H](O)[C@H](O)[C@H]1OC(=O)c1ccc(C(F)(F)F)cc1)c1ccc(C(F)(F)F)cc1. The van der Waals surface area contributed by atoms with Crippen molar-refractivity contribution in [3.63, 3.8) is 0 Å². The number of carbonyl (C=O) groups excluding carboxylic acids is 4. The van der Waals surface area contributed by atoms with Crippen molar-refractivity contribution in [1.82, 2.24) is 0 Å². The van der Waals surface area contributed by atoms with E-state index in [0.29, 0.717) is 97.1 Å². The second-order valence-electron chi connectivity index (χ2n) is 12.8. The maximum atomic E-state index is 13.4. The number of aliphatic hydroxyl groups excluding tert-OH is 2. The Morgan fingerprint density at radius 1 is 0.333 bits per heavy atom. The van der Waals surface area contributed by atoms with Gasteiger partial charge in [0.15, 0.2) is 24.4 Å². The third-order valence-electron chi connectivity index (χ3n) is 8.76. The Kier molecular flexibility index (Phi) is 12.6. The number of carbonyl (C=O) groups is 4. The van der Waals surface area contributed by atoms with Crippen molar-refractivity contribution in [1.29, 1.82) is 0 Å². The summed E-state index contributed by atoms with van der Waals surface area (Å²) in [6.07, 6.45) is -34.7. The fraction of sp³-hybridized carbons (Fsp3) is 0.263. The van der Waals surface area contributed by atoms with Crippen LogP contribution in [-0.2, 0) is 43.7 Å². The highest BCUT2D eigenvalue weighted by atomic mass is 19.4. The molecule has 4 aromatic carbocycles. The fourth-order valence-corrected chi connectivity index (χ4v) is 5.64. The molecule has 22 heteroatoms. The van der Waals surface area contributed by atoms with Gasteiger partial charge in [-0.25, -0.2) is 19.2 Å². The van der Waals surface area contributed by atoms with Crippen molar-refractivity contribution in [3.8, 4) is 0 Å². The second-order valence-corrected chi connectivity index (χ2v) is 12.8. The van der Waals surface area contributed by atoms with E-state index in [1.807, 2.05) is 0 Å². The number of hydrogen-bond donors (Lipinski definition) is 2. The molecule has 1 saturated carbocycles. The molecule has 0 radical (unpaired) electrons. The van der Waals surface area contributed by atoms with Gasteiger partial charge in [-0.05, 0) is 97.1 Å². The summed E-state index contributed by atoms with van der Waals surface area (Å²) in [6.45, 7) is 0. The predicted molar refractivity (Wildman–Crippen MR) is 175 cm³/mol. The van der Waals surface area contributed by atoms with Crippen LogP contribution in [0.5, 0.6) is 0 Å². The van der Waals surface area contributed by atoms with Gasteiger partial charge in [0.05, 0.1) is 44.5 Å². The molecule has 0 bridgehead atoms. The minimum absolute atomic E-state index is 0.426. The zero-order chi connectivity index (χ0) is 44.5. The summed E-state index contributed by atoms with van der Waals surface area (Å²) >= 11 is 0. The van der Waals surface area contributed by atoms with Gasteiger partial charge in [0, 0.05) is 0 Å². The predicted octanol–water partition coefficient (Wildman–Crippen LogP) is 7.70. The van der Waals surface area contributed by atoms with Crippen LogP contribution in [0.1, 0.15) is 63.7 Å². The summed E-state index contributed by atoms with van der Waals surface area (Å²) in [6, 6.07) is 8.26. The lowest BCUT2D eigenvalue weighted by atomic mass is 9.84. The zero-order valence-electron chi connectivity index (χ0n) is 29.4. The lowest BCUT2D eigenvalue weighted by Gasteiger charge is -2.45. The minimum Gasteiger partial charge on any atom is -0.452 e. The maximum absolute atomic E-state index is 13.4. The van der Waals surface area contributed by atoms with E-state index < -0.39 is 130 Å². The van der Waals surface area contributed by atoms with Gasteiger partial charge in [0.2, 0.25) is 0 Å². The van der Waals surface area contributed by atoms with Gasteiger partial charge in [0.1, 0.15) is 12.2 Å². The number of alkyl halides is 12. The highest BCUT2D eigenvalue weighted by Crippen LogP contribution is 2.36. The first-order chi connectivity index (χ1) is 27.8. The number of ether oxygens (including phenoxy) is 4. The van der Waals surface area contributed by atoms with Gasteiger partial charge >= 0.3 is 48.6 Å². The topological polar surface area (TPSA) is 146 Å². The normalized spacial score (nSPS) is 21.1. The Hall–Kier alpha value is -6.16. The quantitative estimate of drug-likeness (QED) is 0.103. The van der Waals surface area contributed by atoms with Crippen molar-refractivity contribution in [2.75, 3.05) is 0 Å². The summed E-state index contributed by atoms with van der Waals surface area (Å²) in [4.78, 5) is 53.4. The number of benzene rings is 4. The first-order valence-electron chi connectivity index (χ1n) is 16.6. The van der Waals surface area contributed by atoms with Gasteiger partial charge in [-0.15, -0.1) is 0 Å². The molecule has 4 aromatic rings. The minimum atomic E-state index is -4.90. The number of rotatable bonds is 8. The van der Waals surface area contributed by atoms with Crippen molar-refractivity contribution >= 4 is 23.9 Å². The number of esters is 4. The third kappa shape index (κ3) is 10.3. The summed E-state index contributed by atoms with van der Waals surface area (Å²) in [5.41, 5.74) is -7.68. The van der Waals surface area contributed by atoms with Crippen LogP contribution in [-0.4, -0.2) is 70.7 Å². The molecule has 1 fully saturated rings. The molecule has 60 heavy (non-hydrogen) atoms. The third-order valence-corrected chi connectivity index (χ3v) is 8.76. The Morgan fingerprint density at radius 2 is 0.500 bits per heavy atom. The lowest BCUT2D eigenvalue weighted by molar-refractivity contribution is -0.223. The molecule has 0 heterocycles. The van der Waals surface area contributed by atoms with E-state index in [-0.39, 0.29) is 0 Å². The number of hydrogen-bond acceptors (Lipinski definition) is 10. The average molecular weight is 869 g/mol. The van der Waals surface area contributed by atoms with E-state index in [0.717, 1.165) is 0 Å². The van der Waals surface area contributed by atoms with Crippen molar-refractivity contribution in [2.24, 2.45) is 0 Å². The summed E-state index contributed by atoms with van der Waals surface area (Å²) in [7, 11) is 0. The van der Waals surface area contributed by atoms with Crippen molar-refractivity contribution in [3.05, 3.63) is 142 Å². The van der Waals surface area contributed by atoms with Crippen LogP contribution >= 0.6 is 0 Å². The van der Waals surface area contributed by atoms with Crippen LogP contribution in [0.2, 0.25) is 0 Å². The molecule has 10 nitrogen and oxygen atoms in total. The molecule has 1 aliphatic carbocycles. The van der Waals surface area contributed by atoms with E-state index in [4.69, 9.17) is 18.9 Å². The Bertz CT molecular complexity index is 2020. The highest BCUT2D eigenvalue weighted by molar-refractivity contribution is 5.92. The standard InChI is InChI=1S/C38H24F12O10/c39-35(40,41)21-9-1-17(2-10-21)31(53)57-27-25(51)26(52)28(58-32(54)18-3-11-22(12-4-18)36(42,43)44)30(60-34(56)20-7-15-24(16-8-20)38(48,49)50)29(27)59-33(55)19-5-13-23(14-6-19)37(45,46)47/h1-16,25-30,51-52H/t25-,26+,27+,28-,29-,30+. The molecule has 0 aromatic heterocycles. The van der Waals surface area contributed by atoms with Crippen LogP contribution in [0, 0.1) is 0 Å². The number of aliphatic hydroxyl groups is 2. The van der Waals surface area contributed by atoms with Crippen LogP contribution in [0.25, 0.3) is 0 Å². The molecule has 6 atom stereocenters. The van der Waals surface area contributed by atoms with E-state index in [1.165, 1.54) is 0 Å². The molecule has 1 aliphatic rings. The molecule has 0 unspecified atom stereocenters. The first kappa shape index (κ1) is 44.9. The molecular formula is C38H24F12O10. The molecular weight excluding hydrogens is 844 g/mol. The lowest BCUT2D eigenvalue weighted by Crippen LogP contribution is -2.67. The molecule has 0 saturated heterocycles. The maximum Gasteiger partial charge on any atom is 0.416 e. The van der Waals surface area contributed by atoms with E-state index >= 15 is 0 Å². The van der Waals surface area contributed by atoms with E-state index in [1.54, 1.807) is 0 Å². The Morgan fingerprint density at radius 3 is 0.667 bits per heavy atom. The van der Waals surface area contributed by atoms with Crippen LogP contribution in [0.15, 0.2) is 97.1 Å². The molecule has 2 N–H and O–H groups in total. The fourth-order valence-electron chi connectivity index (χ4n) is 5.64. The van der Waals surface area contributed by atoms with Gasteiger partial charge in [0.25, 0.3) is 0 Å². The van der Waals surface area contributed by atoms with Crippen molar-refractivity contribution < 1.29 is 101 Å². The molecule has 0 amide bonds. The van der Waals surface area contributed by atoms with Gasteiger partial charge in [-0.2, -0.15) is 52.7 Å². The Labute approximate surface area is 327 Å². The van der Waals surface area contributed by atoms with Crippen LogP contribution in [0.3, 0.4) is 0 Å². The summed E-state index contributed by atoms with van der Waals surface area (Å²) in [5.74, 6) is -6.44. The molecule has 320 valence electrons. The van der Waals surface area contributed by atoms with Crippen LogP contribution < -0.4 is 0 Å². The average Bonchev–Trinajstić information content (AvgIpc) is 3.18. The Balaban J connectivity index is 1.58. The van der Waals surface area contributed by atoms with Gasteiger partial charge in [-0.3, -0.25) is 0 Å². The smallest absolute Gasteiger partial charge is 0.416 e. The van der Waals surface area contributed by atoms with E-state index in [9.17, 15) is 82.1 Å².